The van der Waals surface area contributed by atoms with E-state index in [-0.39, 0.29) is 17.6 Å². The number of aromatic nitrogens is 3. The highest BCUT2D eigenvalue weighted by atomic mass is 19.4. The van der Waals surface area contributed by atoms with E-state index in [2.05, 4.69) is 15.4 Å². The Morgan fingerprint density at radius 3 is 2.55 bits per heavy atom. The molecule has 1 N–H and O–H groups in total. The van der Waals surface area contributed by atoms with Gasteiger partial charge in [0.2, 0.25) is 0 Å². The van der Waals surface area contributed by atoms with Gasteiger partial charge in [-0.1, -0.05) is 39.5 Å². The van der Waals surface area contributed by atoms with Gasteiger partial charge in [-0.3, -0.25) is 4.79 Å². The number of pyridine rings is 1. The minimum atomic E-state index is -4.44. The molecule has 0 aromatic carbocycles. The summed E-state index contributed by atoms with van der Waals surface area (Å²) in [6.45, 7) is 4.43. The van der Waals surface area contributed by atoms with E-state index in [1.54, 1.807) is 0 Å². The van der Waals surface area contributed by atoms with E-state index in [1.807, 2.05) is 13.8 Å². The van der Waals surface area contributed by atoms with Crippen LogP contribution in [0.25, 0.3) is 5.82 Å². The zero-order valence-corrected chi connectivity index (χ0v) is 16.8. The number of hydrogen-bond donors (Lipinski definition) is 1. The van der Waals surface area contributed by atoms with Crippen LogP contribution in [0.1, 0.15) is 79.9 Å². The molecule has 0 unspecified atom stereocenters. The largest absolute Gasteiger partial charge is 0.417 e. The van der Waals surface area contributed by atoms with Crippen molar-refractivity contribution in [1.82, 2.24) is 20.1 Å². The molecule has 2 heterocycles. The van der Waals surface area contributed by atoms with Gasteiger partial charge >= 0.3 is 6.18 Å². The highest BCUT2D eigenvalue weighted by Crippen LogP contribution is 2.30. The Morgan fingerprint density at radius 1 is 1.24 bits per heavy atom. The van der Waals surface area contributed by atoms with Gasteiger partial charge in [0, 0.05) is 12.7 Å². The molecule has 2 aromatic heterocycles. The topological polar surface area (TPSA) is 59.8 Å². The lowest BCUT2D eigenvalue weighted by atomic mass is 10.0. The highest BCUT2D eigenvalue weighted by Gasteiger charge is 2.31. The van der Waals surface area contributed by atoms with Gasteiger partial charge in [0.15, 0.2) is 5.82 Å². The molecule has 158 valence electrons. The number of rotatable bonds is 7. The van der Waals surface area contributed by atoms with Crippen molar-refractivity contribution < 1.29 is 18.0 Å². The summed E-state index contributed by atoms with van der Waals surface area (Å²) in [4.78, 5) is 16.6. The van der Waals surface area contributed by atoms with Crippen molar-refractivity contribution in [3.8, 4) is 5.82 Å². The molecular formula is C21H27F3N4O. The number of amides is 1. The number of halogens is 3. The zero-order chi connectivity index (χ0) is 21.0. The molecule has 0 atom stereocenters. The summed E-state index contributed by atoms with van der Waals surface area (Å²) in [6, 6.07) is 2.24. The maximum absolute atomic E-state index is 12.8. The standard InChI is InChI=1S/C21H27F3N4O/c1-14(2)19-17(20(29)25-11-5-8-15-6-3-4-7-15)13-27-28(19)18-10-9-16(12-26-18)21(22,23)24/h9-10,12-15H,3-8,11H2,1-2H3,(H,25,29). The molecule has 1 aliphatic rings. The fourth-order valence-corrected chi connectivity index (χ4v) is 3.94. The third-order valence-electron chi connectivity index (χ3n) is 5.44. The molecule has 3 rings (SSSR count). The van der Waals surface area contributed by atoms with Crippen LogP contribution in [-0.2, 0) is 6.18 Å². The summed E-state index contributed by atoms with van der Waals surface area (Å²) in [6.07, 6.45) is 5.08. The first kappa shape index (κ1) is 21.3. The van der Waals surface area contributed by atoms with E-state index in [9.17, 15) is 18.0 Å². The minimum absolute atomic E-state index is 0.0548. The Balaban J connectivity index is 1.70. The number of nitrogens with one attached hydrogen (secondary N) is 1. The van der Waals surface area contributed by atoms with Gasteiger partial charge in [0.05, 0.1) is 23.0 Å². The number of alkyl halides is 3. The molecule has 5 nitrogen and oxygen atoms in total. The molecular weight excluding hydrogens is 381 g/mol. The normalized spacial score (nSPS) is 15.2. The Hall–Kier alpha value is -2.38. The first-order valence-electron chi connectivity index (χ1n) is 10.2. The maximum Gasteiger partial charge on any atom is 0.417 e. The monoisotopic (exact) mass is 408 g/mol. The van der Waals surface area contributed by atoms with Crippen LogP contribution in [0.15, 0.2) is 24.5 Å². The molecule has 0 bridgehead atoms. The summed E-state index contributed by atoms with van der Waals surface area (Å²) in [5.74, 6) is 0.771. The van der Waals surface area contributed by atoms with Crippen molar-refractivity contribution in [3.05, 3.63) is 41.3 Å². The van der Waals surface area contributed by atoms with Gasteiger partial charge in [-0.05, 0) is 36.8 Å². The second-order valence-corrected chi connectivity index (χ2v) is 7.96. The third-order valence-corrected chi connectivity index (χ3v) is 5.44. The van der Waals surface area contributed by atoms with Crippen LogP contribution in [-0.4, -0.2) is 27.2 Å². The van der Waals surface area contributed by atoms with Gasteiger partial charge in [-0.2, -0.15) is 18.3 Å². The number of nitrogens with zero attached hydrogens (tertiary/aromatic N) is 3. The lowest BCUT2D eigenvalue weighted by molar-refractivity contribution is -0.137. The lowest BCUT2D eigenvalue weighted by Gasteiger charge is -2.13. The van der Waals surface area contributed by atoms with Crippen molar-refractivity contribution in [2.75, 3.05) is 6.54 Å². The van der Waals surface area contributed by atoms with Crippen LogP contribution in [0.2, 0.25) is 0 Å². The third kappa shape index (κ3) is 5.16. The van der Waals surface area contributed by atoms with Crippen LogP contribution >= 0.6 is 0 Å². The zero-order valence-electron chi connectivity index (χ0n) is 16.8. The lowest BCUT2D eigenvalue weighted by Crippen LogP contribution is -2.26. The van der Waals surface area contributed by atoms with Crippen LogP contribution < -0.4 is 5.32 Å². The van der Waals surface area contributed by atoms with Crippen LogP contribution in [0.3, 0.4) is 0 Å². The molecule has 0 spiro atoms. The van der Waals surface area contributed by atoms with Gasteiger partial charge in [0.1, 0.15) is 0 Å². The van der Waals surface area contributed by atoms with Crippen molar-refractivity contribution in [1.29, 1.82) is 0 Å². The number of hydrogen-bond acceptors (Lipinski definition) is 3. The predicted molar refractivity (Wildman–Crippen MR) is 104 cm³/mol. The summed E-state index contributed by atoms with van der Waals surface area (Å²) >= 11 is 0. The molecule has 0 saturated heterocycles. The first-order valence-corrected chi connectivity index (χ1v) is 10.2. The number of carbonyl (C=O) groups is 1. The van der Waals surface area contributed by atoms with Crippen LogP contribution in [0.4, 0.5) is 13.2 Å². The van der Waals surface area contributed by atoms with Crippen molar-refractivity contribution in [3.63, 3.8) is 0 Å². The molecule has 1 saturated carbocycles. The summed E-state index contributed by atoms with van der Waals surface area (Å²) in [7, 11) is 0. The summed E-state index contributed by atoms with van der Waals surface area (Å²) in [5.41, 5.74) is 0.243. The molecule has 1 aliphatic carbocycles. The Kier molecular flexibility index (Phi) is 6.59. The number of carbonyl (C=O) groups excluding carboxylic acids is 1. The Bertz CT molecular complexity index is 821. The smallest absolute Gasteiger partial charge is 0.352 e. The molecule has 1 amide bonds. The van der Waals surface area contributed by atoms with Crippen molar-refractivity contribution in [2.24, 2.45) is 5.92 Å². The van der Waals surface area contributed by atoms with Gasteiger partial charge in [-0.15, -0.1) is 0 Å². The predicted octanol–water partition coefficient (Wildman–Crippen LogP) is 5.11. The second kappa shape index (κ2) is 8.97. The average molecular weight is 408 g/mol. The van der Waals surface area contributed by atoms with E-state index >= 15 is 0 Å². The molecule has 1 fully saturated rings. The SMILES string of the molecule is CC(C)c1c(C(=O)NCCCC2CCCC2)cnn1-c1ccc(C(F)(F)F)cn1. The van der Waals surface area contributed by atoms with E-state index < -0.39 is 11.7 Å². The van der Waals surface area contributed by atoms with Crippen molar-refractivity contribution in [2.45, 2.75) is 64.5 Å². The van der Waals surface area contributed by atoms with Gasteiger partial charge < -0.3 is 5.32 Å². The first-order chi connectivity index (χ1) is 13.8. The minimum Gasteiger partial charge on any atom is -0.352 e. The van der Waals surface area contributed by atoms with E-state index in [1.165, 1.54) is 42.6 Å². The molecule has 2 aromatic rings. The molecule has 0 aliphatic heterocycles. The van der Waals surface area contributed by atoms with Gasteiger partial charge in [-0.25, -0.2) is 9.67 Å². The average Bonchev–Trinajstić information content (AvgIpc) is 3.34. The molecule has 29 heavy (non-hydrogen) atoms. The summed E-state index contributed by atoms with van der Waals surface area (Å²) < 4.78 is 39.8. The van der Waals surface area contributed by atoms with Crippen LogP contribution in [0.5, 0.6) is 0 Å². The van der Waals surface area contributed by atoms with E-state index in [4.69, 9.17) is 0 Å². The molecule has 0 radical (unpaired) electrons. The van der Waals surface area contributed by atoms with E-state index in [0.717, 1.165) is 31.0 Å². The summed E-state index contributed by atoms with van der Waals surface area (Å²) in [5, 5.41) is 7.17. The maximum atomic E-state index is 12.8. The van der Waals surface area contributed by atoms with E-state index in [0.29, 0.717) is 17.8 Å². The fourth-order valence-electron chi connectivity index (χ4n) is 3.94. The Morgan fingerprint density at radius 2 is 1.97 bits per heavy atom. The molecule has 8 heteroatoms. The quantitative estimate of drug-likeness (QED) is 0.648. The van der Waals surface area contributed by atoms with Crippen LogP contribution in [0, 0.1) is 5.92 Å². The Labute approximate surface area is 168 Å². The van der Waals surface area contributed by atoms with Gasteiger partial charge in [0.25, 0.3) is 5.91 Å². The highest BCUT2D eigenvalue weighted by molar-refractivity contribution is 5.95. The van der Waals surface area contributed by atoms with Crippen molar-refractivity contribution >= 4 is 5.91 Å². The second-order valence-electron chi connectivity index (χ2n) is 7.96. The fraction of sp³-hybridized carbons (Fsp3) is 0.571.